The normalized spacial score (nSPS) is 12.2. The van der Waals surface area contributed by atoms with Gasteiger partial charge in [-0.3, -0.25) is 0 Å². The highest BCUT2D eigenvalue weighted by Crippen LogP contribution is 2.32. The second-order valence-corrected chi connectivity index (χ2v) is 6.94. The summed E-state index contributed by atoms with van der Waals surface area (Å²) in [5.74, 6) is 0.930. The van der Waals surface area contributed by atoms with Crippen molar-refractivity contribution in [2.24, 2.45) is 5.14 Å². The van der Waals surface area contributed by atoms with Gasteiger partial charge in [0.1, 0.15) is 5.75 Å². The molecular weight excluding hydrogens is 274 g/mol. The van der Waals surface area contributed by atoms with Crippen LogP contribution in [0.3, 0.4) is 0 Å². The van der Waals surface area contributed by atoms with Crippen LogP contribution in [-0.4, -0.2) is 14.5 Å². The van der Waals surface area contributed by atoms with Crippen molar-refractivity contribution in [3.8, 4) is 5.75 Å². The van der Waals surface area contributed by atoms with Crippen molar-refractivity contribution in [3.05, 3.63) is 23.3 Å². The second-order valence-electron chi connectivity index (χ2n) is 5.41. The molecule has 5 heteroatoms. The Bertz CT molecular complexity index is 561. The zero-order valence-corrected chi connectivity index (χ0v) is 13.8. The van der Waals surface area contributed by atoms with Gasteiger partial charge in [0.15, 0.2) is 0 Å². The SMILES string of the molecule is CCC(CC)Oc1cc(C)c(S(N)(=O)=O)cc1C(C)C. The van der Waals surface area contributed by atoms with Gasteiger partial charge in [-0.1, -0.05) is 27.7 Å². The Labute approximate surface area is 122 Å². The van der Waals surface area contributed by atoms with Gasteiger partial charge < -0.3 is 4.74 Å². The molecule has 0 spiro atoms. The highest BCUT2D eigenvalue weighted by Gasteiger charge is 2.19. The average molecular weight is 299 g/mol. The van der Waals surface area contributed by atoms with Crippen molar-refractivity contribution in [3.63, 3.8) is 0 Å². The summed E-state index contributed by atoms with van der Waals surface area (Å²) in [5, 5.41) is 5.26. The van der Waals surface area contributed by atoms with Gasteiger partial charge in [-0.25, -0.2) is 13.6 Å². The van der Waals surface area contributed by atoms with Gasteiger partial charge in [0, 0.05) is 0 Å². The lowest BCUT2D eigenvalue weighted by Crippen LogP contribution is -2.17. The Balaban J connectivity index is 3.35. The van der Waals surface area contributed by atoms with Gasteiger partial charge in [0.2, 0.25) is 10.0 Å². The minimum atomic E-state index is -3.70. The number of nitrogens with two attached hydrogens (primary N) is 1. The number of sulfonamides is 1. The van der Waals surface area contributed by atoms with Crippen molar-refractivity contribution >= 4 is 10.0 Å². The van der Waals surface area contributed by atoms with Crippen LogP contribution in [0, 0.1) is 6.92 Å². The fraction of sp³-hybridized carbons (Fsp3) is 0.600. The summed E-state index contributed by atoms with van der Waals surface area (Å²) in [6, 6.07) is 3.43. The molecule has 0 atom stereocenters. The van der Waals surface area contributed by atoms with Gasteiger partial charge in [-0.15, -0.1) is 0 Å². The molecule has 114 valence electrons. The average Bonchev–Trinajstić information content (AvgIpc) is 2.33. The molecule has 2 N–H and O–H groups in total. The van der Waals surface area contributed by atoms with Crippen LogP contribution >= 0.6 is 0 Å². The van der Waals surface area contributed by atoms with Gasteiger partial charge >= 0.3 is 0 Å². The first-order valence-corrected chi connectivity index (χ1v) is 8.59. The maximum atomic E-state index is 11.6. The van der Waals surface area contributed by atoms with Crippen LogP contribution in [0.1, 0.15) is 57.6 Å². The lowest BCUT2D eigenvalue weighted by atomic mass is 10.0. The van der Waals surface area contributed by atoms with Crippen molar-refractivity contribution < 1.29 is 13.2 Å². The summed E-state index contributed by atoms with van der Waals surface area (Å²) in [6.07, 6.45) is 1.99. The first-order valence-electron chi connectivity index (χ1n) is 7.04. The third-order valence-electron chi connectivity index (χ3n) is 3.44. The lowest BCUT2D eigenvalue weighted by Gasteiger charge is -2.21. The summed E-state index contributed by atoms with van der Waals surface area (Å²) in [4.78, 5) is 0.179. The van der Waals surface area contributed by atoms with Crippen LogP contribution in [0.4, 0.5) is 0 Å². The maximum absolute atomic E-state index is 11.6. The minimum absolute atomic E-state index is 0.146. The molecule has 0 bridgehead atoms. The van der Waals surface area contributed by atoms with Gasteiger partial charge in [0.25, 0.3) is 0 Å². The molecule has 0 saturated carbocycles. The van der Waals surface area contributed by atoms with Gasteiger partial charge in [-0.2, -0.15) is 0 Å². The highest BCUT2D eigenvalue weighted by molar-refractivity contribution is 7.89. The van der Waals surface area contributed by atoms with Crippen molar-refractivity contribution in [2.45, 2.75) is 64.4 Å². The first-order chi connectivity index (χ1) is 9.20. The molecular formula is C15H25NO3S. The van der Waals surface area contributed by atoms with E-state index in [4.69, 9.17) is 9.88 Å². The number of ether oxygens (including phenoxy) is 1. The zero-order valence-electron chi connectivity index (χ0n) is 12.9. The Kier molecular flexibility index (Phi) is 5.59. The number of hydrogen-bond donors (Lipinski definition) is 1. The van der Waals surface area contributed by atoms with Crippen LogP contribution in [0.15, 0.2) is 17.0 Å². The fourth-order valence-corrected chi connectivity index (χ4v) is 2.97. The lowest BCUT2D eigenvalue weighted by molar-refractivity contribution is 0.190. The van der Waals surface area contributed by atoms with Crippen molar-refractivity contribution in [1.29, 1.82) is 0 Å². The number of hydrogen-bond acceptors (Lipinski definition) is 3. The quantitative estimate of drug-likeness (QED) is 0.876. The highest BCUT2D eigenvalue weighted by atomic mass is 32.2. The van der Waals surface area contributed by atoms with E-state index >= 15 is 0 Å². The van der Waals surface area contributed by atoms with Crippen LogP contribution in [0.25, 0.3) is 0 Å². The summed E-state index contributed by atoms with van der Waals surface area (Å²) < 4.78 is 29.2. The van der Waals surface area contributed by atoms with E-state index in [1.165, 1.54) is 0 Å². The van der Waals surface area contributed by atoms with E-state index in [9.17, 15) is 8.42 Å². The fourth-order valence-electron chi connectivity index (χ4n) is 2.17. The molecule has 0 aliphatic rings. The molecule has 0 aliphatic carbocycles. The predicted molar refractivity (Wildman–Crippen MR) is 81.6 cm³/mol. The summed E-state index contributed by atoms with van der Waals surface area (Å²) in [5.41, 5.74) is 1.50. The summed E-state index contributed by atoms with van der Waals surface area (Å²) in [7, 11) is -3.70. The molecule has 4 nitrogen and oxygen atoms in total. The predicted octanol–water partition coefficient (Wildman–Crippen LogP) is 3.33. The molecule has 0 aromatic heterocycles. The zero-order chi connectivity index (χ0) is 15.5. The third-order valence-corrected chi connectivity index (χ3v) is 4.49. The van der Waals surface area contributed by atoms with E-state index in [0.717, 1.165) is 24.2 Å². The maximum Gasteiger partial charge on any atom is 0.238 e. The van der Waals surface area contributed by atoms with E-state index in [2.05, 4.69) is 13.8 Å². The standard InChI is InChI=1S/C15H25NO3S/c1-6-12(7-2)19-14-8-11(5)15(20(16,17)18)9-13(14)10(3)4/h8-10,12H,6-7H2,1-5H3,(H2,16,17,18). The Morgan fingerprint density at radius 2 is 1.75 bits per heavy atom. The van der Waals surface area contributed by atoms with Crippen LogP contribution in [-0.2, 0) is 10.0 Å². The third kappa shape index (κ3) is 3.96. The molecule has 0 amide bonds. The molecule has 0 aliphatic heterocycles. The first kappa shape index (κ1) is 17.0. The number of rotatable bonds is 6. The van der Waals surface area contributed by atoms with Gasteiger partial charge in [-0.05, 0) is 48.9 Å². The number of primary sulfonamides is 1. The number of aryl methyl sites for hydroxylation is 1. The largest absolute Gasteiger partial charge is 0.490 e. The molecule has 1 aromatic carbocycles. The van der Waals surface area contributed by atoms with E-state index in [1.807, 2.05) is 13.8 Å². The molecule has 1 rings (SSSR count). The molecule has 0 unspecified atom stereocenters. The van der Waals surface area contributed by atoms with Crippen molar-refractivity contribution in [2.75, 3.05) is 0 Å². The number of benzene rings is 1. The molecule has 0 saturated heterocycles. The summed E-state index contributed by atoms with van der Waals surface area (Å²) in [6.45, 7) is 9.92. The molecule has 0 fully saturated rings. The molecule has 1 aromatic rings. The van der Waals surface area contributed by atoms with E-state index in [1.54, 1.807) is 19.1 Å². The monoisotopic (exact) mass is 299 g/mol. The second kappa shape index (κ2) is 6.59. The van der Waals surface area contributed by atoms with E-state index in [0.29, 0.717) is 5.56 Å². The molecule has 0 heterocycles. The Morgan fingerprint density at radius 3 is 2.15 bits per heavy atom. The topological polar surface area (TPSA) is 69.4 Å². The van der Waals surface area contributed by atoms with Gasteiger partial charge in [0.05, 0.1) is 11.0 Å². The Morgan fingerprint density at radius 1 is 1.20 bits per heavy atom. The molecule has 20 heavy (non-hydrogen) atoms. The van der Waals surface area contributed by atoms with Crippen LogP contribution < -0.4 is 9.88 Å². The van der Waals surface area contributed by atoms with E-state index < -0.39 is 10.0 Å². The molecule has 0 radical (unpaired) electrons. The minimum Gasteiger partial charge on any atom is -0.490 e. The van der Waals surface area contributed by atoms with Crippen LogP contribution in [0.5, 0.6) is 5.75 Å². The smallest absolute Gasteiger partial charge is 0.238 e. The summed E-state index contributed by atoms with van der Waals surface area (Å²) >= 11 is 0. The Hall–Kier alpha value is -1.07. The van der Waals surface area contributed by atoms with E-state index in [-0.39, 0.29) is 16.9 Å². The van der Waals surface area contributed by atoms with Crippen molar-refractivity contribution in [1.82, 2.24) is 0 Å². The van der Waals surface area contributed by atoms with Crippen LogP contribution in [0.2, 0.25) is 0 Å².